The van der Waals surface area contributed by atoms with Crippen LogP contribution >= 0.6 is 22.3 Å². The minimum absolute atomic E-state index is 0.0219. The Labute approximate surface area is 134 Å². The molecule has 1 amide bonds. The van der Waals surface area contributed by atoms with Crippen molar-refractivity contribution in [1.82, 2.24) is 4.90 Å². The van der Waals surface area contributed by atoms with Gasteiger partial charge in [-0.05, 0) is 30.9 Å². The number of carbonyl (C=O) groups excluding carboxylic acids is 1. The molecule has 4 nitrogen and oxygen atoms in total. The van der Waals surface area contributed by atoms with Crippen molar-refractivity contribution >= 4 is 37.2 Å². The maximum absolute atomic E-state index is 12.6. The molecule has 0 spiro atoms. The minimum Gasteiger partial charge on any atom is -0.338 e. The first-order chi connectivity index (χ1) is 9.84. The summed E-state index contributed by atoms with van der Waals surface area (Å²) in [5.74, 6) is 0.107. The molecule has 1 atom stereocenters. The lowest BCUT2D eigenvalue weighted by Gasteiger charge is -2.18. The monoisotopic (exact) mass is 349 g/mol. The van der Waals surface area contributed by atoms with Crippen molar-refractivity contribution in [3.63, 3.8) is 0 Å². The van der Waals surface area contributed by atoms with Gasteiger partial charge in [0.25, 0.3) is 15.0 Å². The molecule has 1 aliphatic rings. The van der Waals surface area contributed by atoms with Crippen LogP contribution in [0.3, 0.4) is 0 Å². The van der Waals surface area contributed by atoms with Gasteiger partial charge in [-0.15, -0.1) is 0 Å². The van der Waals surface area contributed by atoms with Crippen molar-refractivity contribution in [2.75, 3.05) is 13.1 Å². The van der Waals surface area contributed by atoms with Gasteiger partial charge in [0, 0.05) is 23.8 Å². The van der Waals surface area contributed by atoms with E-state index in [4.69, 9.17) is 22.3 Å². The first kappa shape index (κ1) is 16.6. The second-order valence-electron chi connectivity index (χ2n) is 5.25. The van der Waals surface area contributed by atoms with Gasteiger partial charge in [-0.3, -0.25) is 4.79 Å². The van der Waals surface area contributed by atoms with Crippen LogP contribution in [0.15, 0.2) is 23.1 Å². The van der Waals surface area contributed by atoms with Crippen LogP contribution in [0, 0.1) is 5.92 Å². The Morgan fingerprint density at radius 3 is 2.76 bits per heavy atom. The van der Waals surface area contributed by atoms with Crippen LogP contribution < -0.4 is 0 Å². The Balaban J connectivity index is 2.32. The van der Waals surface area contributed by atoms with Crippen LogP contribution in [0.25, 0.3) is 0 Å². The average Bonchev–Trinajstić information content (AvgIpc) is 2.86. The van der Waals surface area contributed by atoms with Crippen molar-refractivity contribution in [2.24, 2.45) is 5.92 Å². The van der Waals surface area contributed by atoms with E-state index < -0.39 is 9.05 Å². The molecule has 0 bridgehead atoms. The van der Waals surface area contributed by atoms with Gasteiger partial charge < -0.3 is 4.90 Å². The number of benzene rings is 1. The topological polar surface area (TPSA) is 54.5 Å². The molecule has 1 aliphatic heterocycles. The Bertz CT molecular complexity index is 646. The molecule has 1 fully saturated rings. The summed E-state index contributed by atoms with van der Waals surface area (Å²) < 4.78 is 23.3. The zero-order valence-electron chi connectivity index (χ0n) is 11.7. The molecule has 1 saturated heterocycles. The van der Waals surface area contributed by atoms with E-state index in [-0.39, 0.29) is 21.4 Å². The first-order valence-electron chi connectivity index (χ1n) is 6.87. The van der Waals surface area contributed by atoms with Crippen molar-refractivity contribution in [3.05, 3.63) is 28.8 Å². The van der Waals surface area contributed by atoms with E-state index in [1.54, 1.807) is 4.90 Å². The lowest BCUT2D eigenvalue weighted by Crippen LogP contribution is -2.30. The van der Waals surface area contributed by atoms with Gasteiger partial charge in [0.05, 0.1) is 15.5 Å². The van der Waals surface area contributed by atoms with Gasteiger partial charge >= 0.3 is 0 Å². The first-order valence-corrected chi connectivity index (χ1v) is 9.55. The van der Waals surface area contributed by atoms with E-state index in [9.17, 15) is 13.2 Å². The summed E-state index contributed by atoms with van der Waals surface area (Å²) in [6, 6.07) is 4.28. The van der Waals surface area contributed by atoms with Crippen LogP contribution in [0.2, 0.25) is 5.02 Å². The summed E-state index contributed by atoms with van der Waals surface area (Å²) in [5, 5.41) is 0.112. The highest BCUT2D eigenvalue weighted by Crippen LogP contribution is 2.30. The fourth-order valence-corrected chi connectivity index (χ4v) is 4.11. The second-order valence-corrected chi connectivity index (χ2v) is 8.19. The number of hydrogen-bond acceptors (Lipinski definition) is 3. The molecule has 0 aliphatic carbocycles. The van der Waals surface area contributed by atoms with Gasteiger partial charge in [0.15, 0.2) is 0 Å². The number of carbonyl (C=O) groups is 1. The van der Waals surface area contributed by atoms with E-state index in [0.29, 0.717) is 19.0 Å². The van der Waals surface area contributed by atoms with E-state index in [1.807, 2.05) is 0 Å². The molecular weight excluding hydrogens is 333 g/mol. The highest BCUT2D eigenvalue weighted by Gasteiger charge is 2.31. The van der Waals surface area contributed by atoms with E-state index in [1.165, 1.54) is 18.2 Å². The number of rotatable bonds is 4. The van der Waals surface area contributed by atoms with Gasteiger partial charge in [-0.1, -0.05) is 31.0 Å². The fourth-order valence-electron chi connectivity index (χ4n) is 2.73. The summed E-state index contributed by atoms with van der Waals surface area (Å²) >= 11 is 6.04. The lowest BCUT2D eigenvalue weighted by atomic mass is 10.0. The smallest absolute Gasteiger partial charge is 0.262 e. The zero-order chi connectivity index (χ0) is 15.6. The Morgan fingerprint density at radius 1 is 1.43 bits per heavy atom. The molecule has 1 unspecified atom stereocenters. The van der Waals surface area contributed by atoms with E-state index >= 15 is 0 Å². The third kappa shape index (κ3) is 3.71. The van der Waals surface area contributed by atoms with Gasteiger partial charge in [-0.25, -0.2) is 8.42 Å². The zero-order valence-corrected chi connectivity index (χ0v) is 14.0. The largest absolute Gasteiger partial charge is 0.338 e. The van der Waals surface area contributed by atoms with Crippen molar-refractivity contribution in [2.45, 2.75) is 31.1 Å². The maximum atomic E-state index is 12.6. The number of likely N-dealkylation sites (tertiary alicyclic amines) is 1. The molecule has 1 aromatic carbocycles. The summed E-state index contributed by atoms with van der Waals surface area (Å²) in [6.45, 7) is 3.37. The number of nitrogens with zero attached hydrogens (tertiary/aromatic N) is 1. The Morgan fingerprint density at radius 2 is 2.14 bits per heavy atom. The second kappa shape index (κ2) is 6.55. The summed E-state index contributed by atoms with van der Waals surface area (Å²) in [6.07, 6.45) is 3.07. The normalized spacial score (nSPS) is 19.0. The van der Waals surface area contributed by atoms with Gasteiger partial charge in [-0.2, -0.15) is 0 Å². The number of hydrogen-bond donors (Lipinski definition) is 0. The van der Waals surface area contributed by atoms with E-state index in [0.717, 1.165) is 19.3 Å². The molecule has 2 rings (SSSR count). The molecule has 1 aromatic rings. The predicted octanol–water partition coefficient (Wildman–Crippen LogP) is 3.53. The van der Waals surface area contributed by atoms with Crippen LogP contribution in [-0.2, 0) is 9.05 Å². The summed E-state index contributed by atoms with van der Waals surface area (Å²) in [4.78, 5) is 14.0. The summed E-state index contributed by atoms with van der Waals surface area (Å²) in [5.41, 5.74) is -0.0219. The van der Waals surface area contributed by atoms with Crippen LogP contribution in [0.4, 0.5) is 0 Å². The Kier molecular flexibility index (Phi) is 5.17. The third-order valence-electron chi connectivity index (χ3n) is 3.72. The molecule has 0 saturated carbocycles. The highest BCUT2D eigenvalue weighted by molar-refractivity contribution is 8.13. The Hall–Kier alpha value is -0.780. The van der Waals surface area contributed by atoms with Crippen LogP contribution in [-0.4, -0.2) is 32.3 Å². The molecule has 0 aromatic heterocycles. The molecule has 21 heavy (non-hydrogen) atoms. The molecule has 0 radical (unpaired) electrons. The van der Waals surface area contributed by atoms with Crippen LogP contribution in [0.1, 0.15) is 36.5 Å². The average molecular weight is 350 g/mol. The van der Waals surface area contributed by atoms with Crippen molar-refractivity contribution in [3.8, 4) is 0 Å². The minimum atomic E-state index is -4.01. The van der Waals surface area contributed by atoms with Crippen molar-refractivity contribution < 1.29 is 13.2 Å². The molecule has 116 valence electrons. The third-order valence-corrected chi connectivity index (χ3v) is 5.40. The molecule has 7 heteroatoms. The van der Waals surface area contributed by atoms with Crippen molar-refractivity contribution in [1.29, 1.82) is 0 Å². The molecule has 0 N–H and O–H groups in total. The van der Waals surface area contributed by atoms with E-state index in [2.05, 4.69) is 6.92 Å². The SMILES string of the molecule is CCCC1CCN(C(=O)c2c(Cl)cccc2S(=O)(=O)Cl)C1. The standard InChI is InChI=1S/C14H17Cl2NO3S/c1-2-4-10-7-8-17(9-10)14(18)13-11(15)5-3-6-12(13)21(16,19)20/h3,5-6,10H,2,4,7-9H2,1H3. The fraction of sp³-hybridized carbons (Fsp3) is 0.500. The van der Waals surface area contributed by atoms with Crippen LogP contribution in [0.5, 0.6) is 0 Å². The molecule has 1 heterocycles. The number of halogens is 2. The predicted molar refractivity (Wildman–Crippen MR) is 83.4 cm³/mol. The lowest BCUT2D eigenvalue weighted by molar-refractivity contribution is 0.0783. The maximum Gasteiger partial charge on any atom is 0.262 e. The number of amides is 1. The summed E-state index contributed by atoms with van der Waals surface area (Å²) in [7, 11) is 1.39. The van der Waals surface area contributed by atoms with Gasteiger partial charge in [0.1, 0.15) is 0 Å². The highest BCUT2D eigenvalue weighted by atomic mass is 35.7. The quantitative estimate of drug-likeness (QED) is 0.781. The molecular formula is C14H17Cl2NO3S. The van der Waals surface area contributed by atoms with Gasteiger partial charge in [0.2, 0.25) is 0 Å².